The van der Waals surface area contributed by atoms with Gasteiger partial charge in [-0.15, -0.1) is 0 Å². The van der Waals surface area contributed by atoms with E-state index in [4.69, 9.17) is 0 Å². The molecule has 2 rings (SSSR count). The molecule has 0 spiro atoms. The molecule has 5 heteroatoms. The summed E-state index contributed by atoms with van der Waals surface area (Å²) >= 11 is 0. The molecule has 0 aliphatic heterocycles. The first kappa shape index (κ1) is 9.89. The van der Waals surface area contributed by atoms with Gasteiger partial charge >= 0.3 is 6.18 Å². The van der Waals surface area contributed by atoms with Gasteiger partial charge < -0.3 is 0 Å². The SMILES string of the molecule is FC(F)(F)Cc1ccc2ncncc2c1. The largest absolute Gasteiger partial charge is 0.393 e. The van der Waals surface area contributed by atoms with Gasteiger partial charge in [0.15, 0.2) is 0 Å². The Morgan fingerprint density at radius 2 is 2.00 bits per heavy atom. The van der Waals surface area contributed by atoms with Crippen LogP contribution in [-0.2, 0) is 6.42 Å². The van der Waals surface area contributed by atoms with E-state index in [0.29, 0.717) is 10.9 Å². The maximum Gasteiger partial charge on any atom is 0.393 e. The second kappa shape index (κ2) is 3.49. The second-order valence-corrected chi connectivity index (χ2v) is 3.21. The molecule has 0 unspecified atom stereocenters. The third-order valence-corrected chi connectivity index (χ3v) is 1.97. The van der Waals surface area contributed by atoms with Crippen LogP contribution >= 0.6 is 0 Å². The molecule has 0 N–H and O–H groups in total. The van der Waals surface area contributed by atoms with Crippen molar-refractivity contribution in [1.29, 1.82) is 0 Å². The van der Waals surface area contributed by atoms with Crippen LogP contribution in [0.1, 0.15) is 5.56 Å². The second-order valence-electron chi connectivity index (χ2n) is 3.21. The fourth-order valence-electron chi connectivity index (χ4n) is 1.38. The Balaban J connectivity index is 2.39. The zero-order valence-corrected chi connectivity index (χ0v) is 7.62. The Labute approximate surface area is 83.8 Å². The van der Waals surface area contributed by atoms with Crippen molar-refractivity contribution in [2.75, 3.05) is 0 Å². The lowest BCUT2D eigenvalue weighted by Gasteiger charge is -2.06. The highest BCUT2D eigenvalue weighted by molar-refractivity contribution is 5.77. The van der Waals surface area contributed by atoms with Crippen molar-refractivity contribution in [3.05, 3.63) is 36.3 Å². The van der Waals surface area contributed by atoms with E-state index in [1.54, 1.807) is 6.07 Å². The van der Waals surface area contributed by atoms with Crippen molar-refractivity contribution in [3.8, 4) is 0 Å². The Bertz CT molecular complexity index is 479. The maximum atomic E-state index is 12.1. The number of halogens is 3. The highest BCUT2D eigenvalue weighted by atomic mass is 19.4. The molecule has 15 heavy (non-hydrogen) atoms. The molecule has 0 saturated heterocycles. The van der Waals surface area contributed by atoms with Crippen molar-refractivity contribution < 1.29 is 13.2 Å². The van der Waals surface area contributed by atoms with Crippen LogP contribution in [-0.4, -0.2) is 16.1 Å². The van der Waals surface area contributed by atoms with Gasteiger partial charge in [0.2, 0.25) is 0 Å². The average molecular weight is 212 g/mol. The predicted molar refractivity (Wildman–Crippen MR) is 49.3 cm³/mol. The number of alkyl halides is 3. The third-order valence-electron chi connectivity index (χ3n) is 1.97. The quantitative estimate of drug-likeness (QED) is 0.726. The smallest absolute Gasteiger partial charge is 0.244 e. The standard InChI is InChI=1S/C10H7F3N2/c11-10(12,13)4-7-1-2-9-8(3-7)5-14-6-15-9/h1-3,5-6H,4H2. The van der Waals surface area contributed by atoms with Crippen LogP contribution in [0.4, 0.5) is 13.2 Å². The zero-order valence-electron chi connectivity index (χ0n) is 7.62. The van der Waals surface area contributed by atoms with Gasteiger partial charge in [0.1, 0.15) is 6.33 Å². The lowest BCUT2D eigenvalue weighted by molar-refractivity contribution is -0.127. The molecule has 78 valence electrons. The number of aromatic nitrogens is 2. The van der Waals surface area contributed by atoms with E-state index >= 15 is 0 Å². The Morgan fingerprint density at radius 3 is 2.73 bits per heavy atom. The van der Waals surface area contributed by atoms with Gasteiger partial charge in [0, 0.05) is 11.6 Å². The van der Waals surface area contributed by atoms with Gasteiger partial charge in [-0.1, -0.05) is 6.07 Å². The minimum atomic E-state index is -4.18. The van der Waals surface area contributed by atoms with E-state index < -0.39 is 12.6 Å². The first-order valence-corrected chi connectivity index (χ1v) is 4.30. The normalized spacial score (nSPS) is 11.9. The van der Waals surface area contributed by atoms with Crippen LogP contribution in [0.3, 0.4) is 0 Å². The van der Waals surface area contributed by atoms with E-state index in [-0.39, 0.29) is 5.56 Å². The number of fused-ring (bicyclic) bond motifs is 1. The molecule has 0 saturated carbocycles. The summed E-state index contributed by atoms with van der Waals surface area (Å²) in [5, 5.41) is 0.624. The fraction of sp³-hybridized carbons (Fsp3) is 0.200. The molecule has 0 fully saturated rings. The first-order chi connectivity index (χ1) is 7.04. The number of benzene rings is 1. The molecule has 0 amide bonds. The molecule has 2 aromatic rings. The van der Waals surface area contributed by atoms with Crippen molar-refractivity contribution in [2.45, 2.75) is 12.6 Å². The monoisotopic (exact) mass is 212 g/mol. The minimum Gasteiger partial charge on any atom is -0.244 e. The molecular weight excluding hydrogens is 205 g/mol. The van der Waals surface area contributed by atoms with Crippen LogP contribution in [0.2, 0.25) is 0 Å². The van der Waals surface area contributed by atoms with E-state index in [0.717, 1.165) is 0 Å². The highest BCUT2D eigenvalue weighted by Gasteiger charge is 2.27. The molecular formula is C10H7F3N2. The number of hydrogen-bond acceptors (Lipinski definition) is 2. The molecule has 0 aliphatic rings. The molecule has 1 aromatic heterocycles. The lowest BCUT2D eigenvalue weighted by Crippen LogP contribution is -2.11. The van der Waals surface area contributed by atoms with Crippen molar-refractivity contribution in [2.24, 2.45) is 0 Å². The van der Waals surface area contributed by atoms with E-state index in [2.05, 4.69) is 9.97 Å². The summed E-state index contributed by atoms with van der Waals surface area (Å²) < 4.78 is 36.3. The van der Waals surface area contributed by atoms with Gasteiger partial charge in [-0.2, -0.15) is 13.2 Å². The molecule has 2 nitrogen and oxygen atoms in total. The van der Waals surface area contributed by atoms with Crippen LogP contribution in [0.5, 0.6) is 0 Å². The Hall–Kier alpha value is -1.65. The van der Waals surface area contributed by atoms with E-state index in [9.17, 15) is 13.2 Å². The van der Waals surface area contributed by atoms with Crippen LogP contribution < -0.4 is 0 Å². The van der Waals surface area contributed by atoms with Crippen LogP contribution in [0.25, 0.3) is 10.9 Å². The molecule has 0 bridgehead atoms. The minimum absolute atomic E-state index is 0.227. The van der Waals surface area contributed by atoms with Crippen LogP contribution in [0.15, 0.2) is 30.7 Å². The summed E-state index contributed by atoms with van der Waals surface area (Å²) in [6.45, 7) is 0. The van der Waals surface area contributed by atoms with Crippen molar-refractivity contribution in [3.63, 3.8) is 0 Å². The predicted octanol–water partition coefficient (Wildman–Crippen LogP) is 2.73. The van der Waals surface area contributed by atoms with Gasteiger partial charge in [-0.05, 0) is 17.7 Å². The summed E-state index contributed by atoms with van der Waals surface area (Å²) in [7, 11) is 0. The van der Waals surface area contributed by atoms with Gasteiger partial charge in [0.05, 0.1) is 11.9 Å². The molecule has 0 aliphatic carbocycles. The number of rotatable bonds is 1. The molecule has 0 atom stereocenters. The molecule has 1 heterocycles. The van der Waals surface area contributed by atoms with Gasteiger partial charge in [-0.3, -0.25) is 0 Å². The average Bonchev–Trinajstić information content (AvgIpc) is 2.15. The third kappa shape index (κ3) is 2.43. The topological polar surface area (TPSA) is 25.8 Å². The summed E-state index contributed by atoms with van der Waals surface area (Å²) in [5.74, 6) is 0. The lowest BCUT2D eigenvalue weighted by atomic mass is 10.1. The van der Waals surface area contributed by atoms with Gasteiger partial charge in [0.25, 0.3) is 0 Å². The van der Waals surface area contributed by atoms with Gasteiger partial charge in [-0.25, -0.2) is 9.97 Å². The summed E-state index contributed by atoms with van der Waals surface area (Å²) in [6, 6.07) is 4.46. The van der Waals surface area contributed by atoms with Crippen molar-refractivity contribution in [1.82, 2.24) is 9.97 Å². The molecule has 1 aromatic carbocycles. The highest BCUT2D eigenvalue weighted by Crippen LogP contribution is 2.22. The van der Waals surface area contributed by atoms with Crippen LogP contribution in [0, 0.1) is 0 Å². The Kier molecular flexibility index (Phi) is 2.30. The summed E-state index contributed by atoms with van der Waals surface area (Å²) in [6.07, 6.45) is -2.23. The summed E-state index contributed by atoms with van der Waals surface area (Å²) in [5.41, 5.74) is 0.876. The van der Waals surface area contributed by atoms with E-state index in [1.807, 2.05) is 0 Å². The fourth-order valence-corrected chi connectivity index (χ4v) is 1.38. The Morgan fingerprint density at radius 1 is 1.20 bits per heavy atom. The number of nitrogens with zero attached hydrogens (tertiary/aromatic N) is 2. The van der Waals surface area contributed by atoms with E-state index in [1.165, 1.54) is 24.7 Å². The number of hydrogen-bond donors (Lipinski definition) is 0. The van der Waals surface area contributed by atoms with Crippen molar-refractivity contribution >= 4 is 10.9 Å². The summed E-state index contributed by atoms with van der Waals surface area (Å²) in [4.78, 5) is 7.68. The zero-order chi connectivity index (χ0) is 10.9. The maximum absolute atomic E-state index is 12.1. The molecule has 0 radical (unpaired) electrons. The first-order valence-electron chi connectivity index (χ1n) is 4.30.